The maximum absolute atomic E-state index is 13.2. The highest BCUT2D eigenvalue weighted by Crippen LogP contribution is 2.11. The Morgan fingerprint density at radius 2 is 2.20 bits per heavy atom. The van der Waals surface area contributed by atoms with Gasteiger partial charge in [0.15, 0.2) is 6.10 Å². The lowest BCUT2D eigenvalue weighted by Crippen LogP contribution is -2.26. The first-order valence-corrected chi connectivity index (χ1v) is 4.73. The van der Waals surface area contributed by atoms with Crippen molar-refractivity contribution in [2.75, 3.05) is 6.61 Å². The molecule has 1 aromatic carbocycles. The molecule has 0 aliphatic rings. The van der Waals surface area contributed by atoms with Crippen molar-refractivity contribution in [2.24, 2.45) is 0 Å². The van der Waals surface area contributed by atoms with Crippen LogP contribution in [-0.2, 0) is 16.0 Å². The van der Waals surface area contributed by atoms with E-state index in [-0.39, 0.29) is 6.42 Å². The van der Waals surface area contributed by atoms with Gasteiger partial charge in [0.05, 0.1) is 0 Å². The summed E-state index contributed by atoms with van der Waals surface area (Å²) in [5, 5.41) is 8.81. The quantitative estimate of drug-likeness (QED) is 0.810. The molecule has 1 aromatic rings. The predicted molar refractivity (Wildman–Crippen MR) is 53.2 cm³/mol. The molecule has 1 atom stereocenters. The molecular weight excluding hydrogens is 199 g/mol. The zero-order chi connectivity index (χ0) is 11.3. The van der Waals surface area contributed by atoms with Crippen molar-refractivity contribution in [2.45, 2.75) is 19.4 Å². The van der Waals surface area contributed by atoms with Gasteiger partial charge in [-0.3, -0.25) is 0 Å². The normalized spacial score (nSPS) is 12.4. The van der Waals surface area contributed by atoms with Crippen molar-refractivity contribution >= 4 is 5.97 Å². The lowest BCUT2D eigenvalue weighted by atomic mass is 10.1. The van der Waals surface area contributed by atoms with E-state index >= 15 is 0 Å². The number of halogens is 1. The molecule has 0 aliphatic carbocycles. The van der Waals surface area contributed by atoms with Crippen LogP contribution in [0, 0.1) is 5.82 Å². The number of hydrogen-bond donors (Lipinski definition) is 1. The van der Waals surface area contributed by atoms with Gasteiger partial charge >= 0.3 is 5.97 Å². The molecule has 0 saturated carbocycles. The van der Waals surface area contributed by atoms with Crippen molar-refractivity contribution in [1.82, 2.24) is 0 Å². The average Bonchev–Trinajstić information content (AvgIpc) is 2.20. The van der Waals surface area contributed by atoms with Gasteiger partial charge in [0.25, 0.3) is 0 Å². The fraction of sp³-hybridized carbons (Fsp3) is 0.364. The maximum Gasteiger partial charge on any atom is 0.333 e. The van der Waals surface area contributed by atoms with Crippen LogP contribution in [0.1, 0.15) is 12.5 Å². The predicted octanol–water partition coefficient (Wildman–Crippen LogP) is 1.86. The smallest absolute Gasteiger partial charge is 0.333 e. The molecule has 0 bridgehead atoms. The van der Waals surface area contributed by atoms with E-state index in [9.17, 15) is 9.18 Å². The van der Waals surface area contributed by atoms with Crippen LogP contribution in [0.4, 0.5) is 4.39 Å². The molecule has 15 heavy (non-hydrogen) atoms. The number of ether oxygens (including phenoxy) is 1. The fourth-order valence-corrected chi connectivity index (χ4v) is 1.28. The van der Waals surface area contributed by atoms with Crippen molar-refractivity contribution in [1.29, 1.82) is 0 Å². The topological polar surface area (TPSA) is 46.5 Å². The van der Waals surface area contributed by atoms with Crippen LogP contribution in [0.25, 0.3) is 0 Å². The molecule has 0 aliphatic heterocycles. The van der Waals surface area contributed by atoms with Crippen molar-refractivity contribution in [3.63, 3.8) is 0 Å². The zero-order valence-corrected chi connectivity index (χ0v) is 8.44. The molecule has 0 saturated heterocycles. The molecule has 0 spiro atoms. The van der Waals surface area contributed by atoms with Gasteiger partial charge in [-0.25, -0.2) is 9.18 Å². The number of benzene rings is 1. The minimum absolute atomic E-state index is 0.0514. The van der Waals surface area contributed by atoms with E-state index in [1.807, 2.05) is 0 Å². The summed E-state index contributed by atoms with van der Waals surface area (Å²) in [6, 6.07) is 6.10. The van der Waals surface area contributed by atoms with Crippen LogP contribution in [0.15, 0.2) is 24.3 Å². The summed E-state index contributed by atoms with van der Waals surface area (Å²) in [6.45, 7) is 2.00. The van der Waals surface area contributed by atoms with Gasteiger partial charge in [0, 0.05) is 13.0 Å². The number of carbonyl (C=O) groups is 1. The standard InChI is InChI=1S/C11H13FO3/c1-2-15-10(11(13)14)7-8-5-3-4-6-9(8)12/h3-6,10H,2,7H2,1H3,(H,13,14). The van der Waals surface area contributed by atoms with E-state index in [0.29, 0.717) is 12.2 Å². The SMILES string of the molecule is CCOC(Cc1ccccc1F)C(=O)O. The van der Waals surface area contributed by atoms with Crippen LogP contribution in [-0.4, -0.2) is 23.8 Å². The Kier molecular flexibility index (Phi) is 4.24. The van der Waals surface area contributed by atoms with Gasteiger partial charge in [0.1, 0.15) is 5.82 Å². The van der Waals surface area contributed by atoms with Crippen LogP contribution in [0.2, 0.25) is 0 Å². The molecule has 0 heterocycles. The van der Waals surface area contributed by atoms with Gasteiger partial charge in [-0.05, 0) is 18.6 Å². The summed E-state index contributed by atoms with van der Waals surface area (Å²) < 4.78 is 18.2. The highest BCUT2D eigenvalue weighted by atomic mass is 19.1. The molecule has 0 fully saturated rings. The molecule has 82 valence electrons. The first kappa shape index (κ1) is 11.7. The number of aliphatic carboxylic acids is 1. The first-order valence-electron chi connectivity index (χ1n) is 4.73. The molecule has 0 amide bonds. The fourth-order valence-electron chi connectivity index (χ4n) is 1.28. The average molecular weight is 212 g/mol. The third kappa shape index (κ3) is 3.32. The third-order valence-electron chi connectivity index (χ3n) is 2.01. The molecule has 0 radical (unpaired) electrons. The number of rotatable bonds is 5. The maximum atomic E-state index is 13.2. The Bertz CT molecular complexity index is 338. The summed E-state index contributed by atoms with van der Waals surface area (Å²) in [5.41, 5.74) is 0.360. The summed E-state index contributed by atoms with van der Waals surface area (Å²) in [6.07, 6.45) is -0.928. The Morgan fingerprint density at radius 1 is 1.53 bits per heavy atom. The molecule has 0 aromatic heterocycles. The Balaban J connectivity index is 2.74. The zero-order valence-electron chi connectivity index (χ0n) is 8.44. The molecule has 1 rings (SSSR count). The van der Waals surface area contributed by atoms with E-state index in [0.717, 1.165) is 0 Å². The van der Waals surface area contributed by atoms with Crippen LogP contribution < -0.4 is 0 Å². The molecule has 3 nitrogen and oxygen atoms in total. The third-order valence-corrected chi connectivity index (χ3v) is 2.01. The molecule has 1 unspecified atom stereocenters. The molecule has 1 N–H and O–H groups in total. The van der Waals surface area contributed by atoms with Crippen LogP contribution in [0.3, 0.4) is 0 Å². The second-order valence-corrected chi connectivity index (χ2v) is 3.08. The van der Waals surface area contributed by atoms with Gasteiger partial charge < -0.3 is 9.84 Å². The lowest BCUT2D eigenvalue weighted by Gasteiger charge is -2.12. The Hall–Kier alpha value is -1.42. The monoisotopic (exact) mass is 212 g/mol. The van der Waals surface area contributed by atoms with E-state index in [1.165, 1.54) is 6.07 Å². The molecule has 4 heteroatoms. The lowest BCUT2D eigenvalue weighted by molar-refractivity contribution is -0.149. The second kappa shape index (κ2) is 5.46. The van der Waals surface area contributed by atoms with E-state index < -0.39 is 17.9 Å². The van der Waals surface area contributed by atoms with E-state index in [2.05, 4.69) is 0 Å². The highest BCUT2D eigenvalue weighted by Gasteiger charge is 2.19. The van der Waals surface area contributed by atoms with Crippen molar-refractivity contribution < 1.29 is 19.0 Å². The first-order chi connectivity index (χ1) is 7.15. The van der Waals surface area contributed by atoms with Crippen LogP contribution >= 0.6 is 0 Å². The Morgan fingerprint density at radius 3 is 2.73 bits per heavy atom. The summed E-state index contributed by atoms with van der Waals surface area (Å²) in [4.78, 5) is 10.8. The Labute approximate surface area is 87.5 Å². The van der Waals surface area contributed by atoms with E-state index in [1.54, 1.807) is 25.1 Å². The van der Waals surface area contributed by atoms with Gasteiger partial charge in [0.2, 0.25) is 0 Å². The van der Waals surface area contributed by atoms with Crippen LogP contribution in [0.5, 0.6) is 0 Å². The minimum Gasteiger partial charge on any atom is -0.479 e. The summed E-state index contributed by atoms with van der Waals surface area (Å²) >= 11 is 0. The van der Waals surface area contributed by atoms with Gasteiger partial charge in [-0.15, -0.1) is 0 Å². The highest BCUT2D eigenvalue weighted by molar-refractivity contribution is 5.72. The van der Waals surface area contributed by atoms with Gasteiger partial charge in [-0.2, -0.15) is 0 Å². The number of hydrogen-bond acceptors (Lipinski definition) is 2. The minimum atomic E-state index is -1.07. The van der Waals surface area contributed by atoms with Crippen molar-refractivity contribution in [3.05, 3.63) is 35.6 Å². The summed E-state index contributed by atoms with van der Waals surface area (Å²) in [7, 11) is 0. The second-order valence-electron chi connectivity index (χ2n) is 3.08. The molecular formula is C11H13FO3. The number of carboxylic acids is 1. The van der Waals surface area contributed by atoms with Crippen molar-refractivity contribution in [3.8, 4) is 0 Å². The van der Waals surface area contributed by atoms with E-state index in [4.69, 9.17) is 9.84 Å². The van der Waals surface area contributed by atoms with Gasteiger partial charge in [-0.1, -0.05) is 18.2 Å². The summed E-state index contributed by atoms with van der Waals surface area (Å²) in [5.74, 6) is -1.47. The largest absolute Gasteiger partial charge is 0.479 e. The number of carboxylic acid groups (broad SMARTS) is 1.